The maximum Gasteiger partial charge on any atom is 0.309 e. The molecule has 0 saturated heterocycles. The third kappa shape index (κ3) is 3.94. The van der Waals surface area contributed by atoms with E-state index in [1.54, 1.807) is 18.5 Å². The second-order valence-corrected chi connectivity index (χ2v) is 5.20. The Balaban J connectivity index is 2.81. The van der Waals surface area contributed by atoms with E-state index in [9.17, 15) is 9.59 Å². The molecule has 0 aliphatic rings. The molecule has 1 amide bonds. The smallest absolute Gasteiger partial charge is 0.309 e. The molecule has 0 fully saturated rings. The summed E-state index contributed by atoms with van der Waals surface area (Å²) in [6.45, 7) is 3.04. The number of aliphatic carboxylic acids is 1. The zero-order valence-electron chi connectivity index (χ0n) is 11.6. The average Bonchev–Trinajstić information content (AvgIpc) is 2.28. The van der Waals surface area contributed by atoms with Gasteiger partial charge in [-0.05, 0) is 19.9 Å². The Labute approximate surface area is 112 Å². The molecule has 0 atom stereocenters. The number of hydrogen-bond acceptors (Lipinski definition) is 4. The van der Waals surface area contributed by atoms with Gasteiger partial charge in [-0.15, -0.1) is 0 Å². The highest BCUT2D eigenvalue weighted by Crippen LogP contribution is 2.25. The molecule has 104 valence electrons. The number of pyridine rings is 1. The Morgan fingerprint density at radius 1 is 1.42 bits per heavy atom. The minimum absolute atomic E-state index is 0.0932. The van der Waals surface area contributed by atoms with Crippen molar-refractivity contribution < 1.29 is 14.7 Å². The first-order chi connectivity index (χ1) is 8.74. The normalized spacial score (nSPS) is 10.9. The van der Waals surface area contributed by atoms with Gasteiger partial charge in [0.25, 0.3) is 0 Å². The third-order valence-electron chi connectivity index (χ3n) is 2.74. The molecule has 1 aromatic rings. The van der Waals surface area contributed by atoms with E-state index in [1.165, 1.54) is 13.8 Å². The number of carboxylic acid groups (broad SMARTS) is 1. The Hall–Kier alpha value is -2.11. The Morgan fingerprint density at radius 3 is 2.58 bits per heavy atom. The molecule has 0 aliphatic carbocycles. The molecule has 6 heteroatoms. The molecule has 1 rings (SSSR count). The van der Waals surface area contributed by atoms with Gasteiger partial charge in [0.15, 0.2) is 0 Å². The van der Waals surface area contributed by atoms with E-state index in [2.05, 4.69) is 10.3 Å². The molecular formula is C13H19N3O3. The zero-order chi connectivity index (χ0) is 14.6. The zero-order valence-corrected chi connectivity index (χ0v) is 11.6. The van der Waals surface area contributed by atoms with E-state index in [-0.39, 0.29) is 12.3 Å². The predicted molar refractivity (Wildman–Crippen MR) is 73.2 cm³/mol. The maximum atomic E-state index is 11.9. The van der Waals surface area contributed by atoms with E-state index >= 15 is 0 Å². The van der Waals surface area contributed by atoms with E-state index in [0.717, 1.165) is 5.69 Å². The second kappa shape index (κ2) is 5.69. The van der Waals surface area contributed by atoms with Crippen LogP contribution in [0.15, 0.2) is 18.5 Å². The number of carbonyl (C=O) groups excluding carboxylic acids is 1. The van der Waals surface area contributed by atoms with Crippen LogP contribution < -0.4 is 10.2 Å². The summed E-state index contributed by atoms with van der Waals surface area (Å²) < 4.78 is 0. The summed E-state index contributed by atoms with van der Waals surface area (Å²) in [7, 11) is 3.71. The van der Waals surface area contributed by atoms with Gasteiger partial charge in [0.05, 0.1) is 23.0 Å². The topological polar surface area (TPSA) is 82.5 Å². The number of rotatable bonds is 5. The summed E-state index contributed by atoms with van der Waals surface area (Å²) in [4.78, 5) is 28.7. The number of anilines is 2. The number of aromatic nitrogens is 1. The van der Waals surface area contributed by atoms with Crippen molar-refractivity contribution in [3.8, 4) is 0 Å². The van der Waals surface area contributed by atoms with Crippen LogP contribution in [0.5, 0.6) is 0 Å². The minimum atomic E-state index is -1.09. The summed E-state index contributed by atoms with van der Waals surface area (Å²) >= 11 is 0. The van der Waals surface area contributed by atoms with Crippen molar-refractivity contribution in [2.75, 3.05) is 24.3 Å². The largest absolute Gasteiger partial charge is 0.481 e. The van der Waals surface area contributed by atoms with Crippen LogP contribution in [0.2, 0.25) is 0 Å². The van der Waals surface area contributed by atoms with Gasteiger partial charge < -0.3 is 15.3 Å². The lowest BCUT2D eigenvalue weighted by Gasteiger charge is -2.20. The molecule has 0 unspecified atom stereocenters. The lowest BCUT2D eigenvalue weighted by molar-refractivity contribution is -0.148. The highest BCUT2D eigenvalue weighted by Gasteiger charge is 2.30. The number of amides is 1. The summed E-state index contributed by atoms with van der Waals surface area (Å²) in [5, 5.41) is 11.7. The summed E-state index contributed by atoms with van der Waals surface area (Å²) in [6.07, 6.45) is 3.08. The van der Waals surface area contributed by atoms with Crippen LogP contribution in [0.1, 0.15) is 20.3 Å². The predicted octanol–water partition coefficient (Wildman–Crippen LogP) is 1.59. The van der Waals surface area contributed by atoms with Crippen LogP contribution >= 0.6 is 0 Å². The van der Waals surface area contributed by atoms with E-state index in [0.29, 0.717) is 5.69 Å². The van der Waals surface area contributed by atoms with Crippen LogP contribution in [0, 0.1) is 5.41 Å². The van der Waals surface area contributed by atoms with Crippen molar-refractivity contribution >= 4 is 23.3 Å². The molecule has 0 aliphatic heterocycles. The standard InChI is InChI=1S/C13H19N3O3/c1-13(2,12(18)19)7-11(17)15-9-8-14-6-5-10(9)16(3)4/h5-6,8H,7H2,1-4H3,(H,15,17)(H,18,19). The molecule has 2 N–H and O–H groups in total. The number of hydrogen-bond donors (Lipinski definition) is 2. The third-order valence-corrected chi connectivity index (χ3v) is 2.74. The molecule has 0 spiro atoms. The maximum absolute atomic E-state index is 11.9. The lowest BCUT2D eigenvalue weighted by Crippen LogP contribution is -2.30. The van der Waals surface area contributed by atoms with E-state index < -0.39 is 11.4 Å². The van der Waals surface area contributed by atoms with Crippen molar-refractivity contribution in [3.05, 3.63) is 18.5 Å². The highest BCUT2D eigenvalue weighted by atomic mass is 16.4. The van der Waals surface area contributed by atoms with Gasteiger partial charge >= 0.3 is 5.97 Å². The van der Waals surface area contributed by atoms with Gasteiger partial charge in [-0.25, -0.2) is 0 Å². The monoisotopic (exact) mass is 265 g/mol. The van der Waals surface area contributed by atoms with E-state index in [1.807, 2.05) is 19.0 Å². The van der Waals surface area contributed by atoms with Crippen LogP contribution in [0.25, 0.3) is 0 Å². The minimum Gasteiger partial charge on any atom is -0.481 e. The fourth-order valence-electron chi connectivity index (χ4n) is 1.54. The summed E-state index contributed by atoms with van der Waals surface area (Å²) in [6, 6.07) is 1.78. The molecule has 0 aromatic carbocycles. The first-order valence-corrected chi connectivity index (χ1v) is 5.88. The lowest BCUT2D eigenvalue weighted by atomic mass is 9.89. The van der Waals surface area contributed by atoms with E-state index in [4.69, 9.17) is 5.11 Å². The molecule has 1 aromatic heterocycles. The quantitative estimate of drug-likeness (QED) is 0.844. The van der Waals surface area contributed by atoms with Gasteiger partial charge in [0, 0.05) is 26.7 Å². The number of nitrogens with one attached hydrogen (secondary N) is 1. The first kappa shape index (κ1) is 14.9. The van der Waals surface area contributed by atoms with Crippen molar-refractivity contribution in [2.45, 2.75) is 20.3 Å². The number of carbonyl (C=O) groups is 2. The molecular weight excluding hydrogens is 246 g/mol. The van der Waals surface area contributed by atoms with Crippen LogP contribution in [0.4, 0.5) is 11.4 Å². The Kier molecular flexibility index (Phi) is 4.47. The molecule has 19 heavy (non-hydrogen) atoms. The van der Waals surface area contributed by atoms with Crippen molar-refractivity contribution in [1.29, 1.82) is 0 Å². The van der Waals surface area contributed by atoms with Crippen molar-refractivity contribution in [1.82, 2.24) is 4.98 Å². The Bertz CT molecular complexity index is 484. The summed E-state index contributed by atoms with van der Waals surface area (Å²) in [5.41, 5.74) is 0.292. The molecule has 0 bridgehead atoms. The van der Waals surface area contributed by atoms with Gasteiger partial charge in [0.2, 0.25) is 5.91 Å². The Morgan fingerprint density at radius 2 is 2.05 bits per heavy atom. The number of carboxylic acids is 1. The molecule has 6 nitrogen and oxygen atoms in total. The molecule has 0 saturated carbocycles. The van der Waals surface area contributed by atoms with Gasteiger partial charge in [-0.1, -0.05) is 0 Å². The van der Waals surface area contributed by atoms with Gasteiger partial charge in [-0.3, -0.25) is 14.6 Å². The van der Waals surface area contributed by atoms with Gasteiger partial charge in [0.1, 0.15) is 0 Å². The van der Waals surface area contributed by atoms with Gasteiger partial charge in [-0.2, -0.15) is 0 Å². The highest BCUT2D eigenvalue weighted by molar-refractivity contribution is 5.96. The molecule has 1 heterocycles. The van der Waals surface area contributed by atoms with Crippen molar-refractivity contribution in [3.63, 3.8) is 0 Å². The fourth-order valence-corrected chi connectivity index (χ4v) is 1.54. The van der Waals surface area contributed by atoms with Crippen LogP contribution in [-0.2, 0) is 9.59 Å². The SMILES string of the molecule is CN(C)c1ccncc1NC(=O)CC(C)(C)C(=O)O. The molecule has 0 radical (unpaired) electrons. The second-order valence-electron chi connectivity index (χ2n) is 5.20. The average molecular weight is 265 g/mol. The first-order valence-electron chi connectivity index (χ1n) is 5.88. The fraction of sp³-hybridized carbons (Fsp3) is 0.462. The number of nitrogens with zero attached hydrogens (tertiary/aromatic N) is 2. The summed E-state index contributed by atoms with van der Waals surface area (Å²) in [5.74, 6) is -1.34. The van der Waals surface area contributed by atoms with Crippen LogP contribution in [0.3, 0.4) is 0 Å². The van der Waals surface area contributed by atoms with Crippen LogP contribution in [-0.4, -0.2) is 36.1 Å². The van der Waals surface area contributed by atoms with Crippen molar-refractivity contribution in [2.24, 2.45) is 5.41 Å².